The van der Waals surface area contributed by atoms with Crippen LogP contribution in [-0.2, 0) is 16.6 Å². The number of aromatic nitrogens is 1. The van der Waals surface area contributed by atoms with Gasteiger partial charge in [0.25, 0.3) is 11.5 Å². The number of anilines is 2. The second-order valence-corrected chi connectivity index (χ2v) is 10.2. The van der Waals surface area contributed by atoms with Gasteiger partial charge < -0.3 is 14.5 Å². The Labute approximate surface area is 218 Å². The minimum Gasteiger partial charge on any atom is -0.383 e. The predicted octanol–water partition coefficient (Wildman–Crippen LogP) is 2.88. The minimum absolute atomic E-state index is 0.0484. The molecule has 3 heterocycles. The predicted molar refractivity (Wildman–Crippen MR) is 144 cm³/mol. The Balaban J connectivity index is 1.70. The number of methoxy groups -OCH3 is 1. The van der Waals surface area contributed by atoms with Crippen LogP contribution in [0, 0.1) is 24.1 Å². The van der Waals surface area contributed by atoms with Gasteiger partial charge in [-0.15, -0.1) is 0 Å². The molecule has 4 rings (SSSR count). The highest BCUT2D eigenvalue weighted by Crippen LogP contribution is 2.36. The number of rotatable bonds is 6. The van der Waals surface area contributed by atoms with Gasteiger partial charge in [0, 0.05) is 51.6 Å². The van der Waals surface area contributed by atoms with Crippen molar-refractivity contribution in [3.8, 4) is 6.07 Å². The smallest absolute Gasteiger partial charge is 0.270 e. The van der Waals surface area contributed by atoms with Gasteiger partial charge in [0.05, 0.1) is 18.1 Å². The first-order valence-electron chi connectivity index (χ1n) is 11.4. The van der Waals surface area contributed by atoms with E-state index in [4.69, 9.17) is 17.0 Å². The summed E-state index contributed by atoms with van der Waals surface area (Å²) in [5, 5.41) is 9.68. The maximum Gasteiger partial charge on any atom is 0.270 e. The lowest BCUT2D eigenvalue weighted by atomic mass is 10.0. The van der Waals surface area contributed by atoms with E-state index in [1.165, 1.54) is 33.4 Å². The topological polar surface area (TPSA) is 81.8 Å². The molecule has 0 N–H and O–H groups in total. The van der Waals surface area contributed by atoms with Gasteiger partial charge >= 0.3 is 0 Å². The van der Waals surface area contributed by atoms with Gasteiger partial charge in [-0.2, -0.15) is 5.26 Å². The number of nitriles is 1. The largest absolute Gasteiger partial charge is 0.383 e. The Morgan fingerprint density at radius 1 is 1.17 bits per heavy atom. The van der Waals surface area contributed by atoms with Crippen LogP contribution in [0.3, 0.4) is 0 Å². The lowest BCUT2D eigenvalue weighted by Gasteiger charge is -2.38. The zero-order valence-electron chi connectivity index (χ0n) is 20.3. The Morgan fingerprint density at radius 3 is 2.42 bits per heavy atom. The summed E-state index contributed by atoms with van der Waals surface area (Å²) in [7, 11) is 3.21. The lowest BCUT2D eigenvalue weighted by molar-refractivity contribution is -0.122. The third-order valence-electron chi connectivity index (χ3n) is 6.41. The van der Waals surface area contributed by atoms with Crippen molar-refractivity contribution in [2.24, 2.45) is 7.05 Å². The molecule has 2 aromatic rings. The van der Waals surface area contributed by atoms with Crippen LogP contribution < -0.4 is 15.4 Å². The fourth-order valence-electron chi connectivity index (χ4n) is 4.43. The summed E-state index contributed by atoms with van der Waals surface area (Å²) in [4.78, 5) is 32.3. The van der Waals surface area contributed by atoms with Gasteiger partial charge in [-0.3, -0.25) is 19.1 Å². The number of carbonyl (C=O) groups is 1. The van der Waals surface area contributed by atoms with Crippen molar-refractivity contribution >= 4 is 51.8 Å². The van der Waals surface area contributed by atoms with Crippen molar-refractivity contribution in [2.75, 3.05) is 56.2 Å². The van der Waals surface area contributed by atoms with Gasteiger partial charge in [0.1, 0.15) is 27.6 Å². The summed E-state index contributed by atoms with van der Waals surface area (Å²) < 4.78 is 20.4. The monoisotopic (exact) mass is 527 g/mol. The lowest BCUT2D eigenvalue weighted by Crippen LogP contribution is -2.48. The van der Waals surface area contributed by atoms with Crippen LogP contribution in [0.1, 0.15) is 16.7 Å². The van der Waals surface area contributed by atoms with Crippen LogP contribution in [-0.4, -0.2) is 66.1 Å². The van der Waals surface area contributed by atoms with E-state index >= 15 is 0 Å². The average Bonchev–Trinajstić information content (AvgIpc) is 3.14. The molecule has 2 fully saturated rings. The van der Waals surface area contributed by atoms with Crippen LogP contribution in [0.25, 0.3) is 6.08 Å². The molecule has 1 aromatic carbocycles. The molecule has 1 aromatic heterocycles. The SMILES string of the molecule is COCCN1C(=O)/C(=C/c2c(C)c(C#N)c(=O)n(C)c2N2CCN(c3ccc(F)cc3)CC2)SC1=S. The number of pyridine rings is 1. The summed E-state index contributed by atoms with van der Waals surface area (Å²) >= 11 is 6.60. The van der Waals surface area contributed by atoms with Crippen LogP contribution >= 0.6 is 24.0 Å². The third kappa shape index (κ3) is 4.89. The van der Waals surface area contributed by atoms with Crippen molar-refractivity contribution in [3.05, 3.63) is 62.0 Å². The van der Waals surface area contributed by atoms with Crippen LogP contribution in [0.2, 0.25) is 0 Å². The van der Waals surface area contributed by atoms with Crippen LogP contribution in [0.4, 0.5) is 15.9 Å². The second-order valence-electron chi connectivity index (χ2n) is 8.49. The molecule has 0 saturated carbocycles. The Bertz CT molecular complexity index is 1330. The number of nitrogens with zero attached hydrogens (tertiary/aromatic N) is 5. The Morgan fingerprint density at radius 2 is 1.81 bits per heavy atom. The fourth-order valence-corrected chi connectivity index (χ4v) is 5.72. The van der Waals surface area contributed by atoms with E-state index in [0.29, 0.717) is 65.5 Å². The number of thiocarbonyl (C=S) groups is 1. The van der Waals surface area contributed by atoms with E-state index in [0.717, 1.165) is 5.69 Å². The quantitative estimate of drug-likeness (QED) is 0.419. The second kappa shape index (κ2) is 10.8. The van der Waals surface area contributed by atoms with Gasteiger partial charge in [-0.25, -0.2) is 4.39 Å². The molecule has 36 heavy (non-hydrogen) atoms. The molecule has 188 valence electrons. The zero-order valence-corrected chi connectivity index (χ0v) is 21.9. The Hall–Kier alpha value is -3.20. The summed E-state index contributed by atoms with van der Waals surface area (Å²) in [6.45, 7) is 4.98. The molecule has 2 aliphatic heterocycles. The Kier molecular flexibility index (Phi) is 7.78. The van der Waals surface area contributed by atoms with Crippen molar-refractivity contribution in [1.82, 2.24) is 9.47 Å². The van der Waals surface area contributed by atoms with Crippen LogP contribution in [0.15, 0.2) is 34.0 Å². The maximum absolute atomic E-state index is 13.3. The summed E-state index contributed by atoms with van der Waals surface area (Å²) in [6, 6.07) is 8.41. The standard InChI is InChI=1S/C25H26FN5O3S2/c1-16-19(14-21-24(33)31(12-13-34-3)25(35)36-21)22(28(2)23(32)20(16)15-27)30-10-8-29(9-11-30)18-6-4-17(26)5-7-18/h4-7,14H,8-13H2,1-3H3/b21-14-. The van der Waals surface area contributed by atoms with Gasteiger partial charge in [-0.1, -0.05) is 24.0 Å². The molecule has 0 atom stereocenters. The van der Waals surface area contributed by atoms with E-state index in [-0.39, 0.29) is 22.8 Å². The van der Waals surface area contributed by atoms with Crippen molar-refractivity contribution in [1.29, 1.82) is 5.26 Å². The maximum atomic E-state index is 13.3. The summed E-state index contributed by atoms with van der Waals surface area (Å²) in [5.74, 6) is 0.149. The molecule has 2 aliphatic rings. The number of benzene rings is 1. The summed E-state index contributed by atoms with van der Waals surface area (Å²) in [5.41, 5.74) is 1.78. The van der Waals surface area contributed by atoms with Gasteiger partial charge in [0.15, 0.2) is 0 Å². The highest BCUT2D eigenvalue weighted by atomic mass is 32.2. The number of amides is 1. The molecule has 8 nitrogen and oxygen atoms in total. The number of piperazine rings is 1. The molecule has 0 bridgehead atoms. The van der Waals surface area contributed by atoms with Gasteiger partial charge in [-0.05, 0) is 42.8 Å². The van der Waals surface area contributed by atoms with E-state index < -0.39 is 0 Å². The first kappa shape index (κ1) is 25.9. The van der Waals surface area contributed by atoms with Gasteiger partial charge in [0.2, 0.25) is 0 Å². The molecule has 11 heteroatoms. The number of carbonyl (C=O) groups excluding carboxylic acids is 1. The summed E-state index contributed by atoms with van der Waals surface area (Å²) in [6.07, 6.45) is 1.74. The molecule has 2 saturated heterocycles. The molecule has 0 radical (unpaired) electrons. The first-order chi connectivity index (χ1) is 17.3. The molecular weight excluding hydrogens is 501 g/mol. The number of hydrogen-bond donors (Lipinski definition) is 0. The molecule has 0 unspecified atom stereocenters. The first-order valence-corrected chi connectivity index (χ1v) is 12.6. The van der Waals surface area contributed by atoms with Crippen LogP contribution in [0.5, 0.6) is 0 Å². The van der Waals surface area contributed by atoms with Crippen molar-refractivity contribution in [3.63, 3.8) is 0 Å². The molecule has 0 spiro atoms. The number of hydrogen-bond acceptors (Lipinski definition) is 8. The van der Waals surface area contributed by atoms with E-state index in [9.17, 15) is 19.2 Å². The third-order valence-corrected chi connectivity index (χ3v) is 7.78. The molecule has 1 amide bonds. The zero-order chi connectivity index (χ0) is 26.0. The normalized spacial score (nSPS) is 17.3. The van der Waals surface area contributed by atoms with E-state index in [1.807, 2.05) is 6.07 Å². The molecule has 0 aliphatic carbocycles. The highest BCUT2D eigenvalue weighted by molar-refractivity contribution is 8.26. The van der Waals surface area contributed by atoms with Crippen molar-refractivity contribution < 1.29 is 13.9 Å². The fraction of sp³-hybridized carbons (Fsp3) is 0.360. The van der Waals surface area contributed by atoms with Crippen molar-refractivity contribution in [2.45, 2.75) is 6.92 Å². The average molecular weight is 528 g/mol. The van der Waals surface area contributed by atoms with E-state index in [1.54, 1.807) is 39.3 Å². The number of halogens is 1. The van der Waals surface area contributed by atoms with E-state index in [2.05, 4.69) is 9.80 Å². The number of ether oxygens (including phenoxy) is 1. The molecular formula is C25H26FN5O3S2. The minimum atomic E-state index is -0.379. The highest BCUT2D eigenvalue weighted by Gasteiger charge is 2.33. The number of thioether (sulfide) groups is 1.